The number of para-hydroxylation sites is 5. The molecule has 0 aliphatic rings. The third-order valence-electron chi connectivity index (χ3n) is 12.9. The van der Waals surface area contributed by atoms with Gasteiger partial charge in [0.05, 0.1) is 41.5 Å². The molecule has 0 bridgehead atoms. The first-order valence-corrected chi connectivity index (χ1v) is 22.9. The molecule has 0 saturated carbocycles. The van der Waals surface area contributed by atoms with E-state index in [2.05, 4.69) is 121 Å². The second-order valence-electron chi connectivity index (χ2n) is 18.1. The number of benzene rings is 9. The second-order valence-corrected chi connectivity index (χ2v) is 18.1. The zero-order valence-corrected chi connectivity index (χ0v) is 41.7. The Hall–Kier alpha value is -8.31. The van der Waals surface area contributed by atoms with E-state index >= 15 is 0 Å². The molecule has 0 amide bonds. The molecule has 72 heavy (non-hydrogen) atoms. The fourth-order valence-corrected chi connectivity index (χ4v) is 9.66. The van der Waals surface area contributed by atoms with Crippen LogP contribution in [-0.4, -0.2) is 18.7 Å². The summed E-state index contributed by atoms with van der Waals surface area (Å²) in [7, 11) is 0. The van der Waals surface area contributed by atoms with Crippen molar-refractivity contribution in [3.05, 3.63) is 250 Å². The van der Waals surface area contributed by atoms with E-state index in [0.717, 1.165) is 49.9 Å². The van der Waals surface area contributed by atoms with Crippen molar-refractivity contribution in [2.75, 3.05) is 0 Å². The zero-order valence-electron chi connectivity index (χ0n) is 49.5. The molecule has 0 saturated heterocycles. The first-order valence-electron chi connectivity index (χ1n) is 27.9. The first-order chi connectivity index (χ1) is 38.5. The van der Waals surface area contributed by atoms with Crippen molar-refractivity contribution in [2.24, 2.45) is 0 Å². The van der Waals surface area contributed by atoms with Crippen molar-refractivity contribution in [3.63, 3.8) is 0 Å². The Bertz CT molecular complexity index is 4570. The number of imidazole rings is 1. The maximum atomic E-state index is 9.07. The Morgan fingerprint density at radius 3 is 1.83 bits per heavy atom. The monoisotopic (exact) mass is 1120 g/mol. The maximum Gasteiger partial charge on any atom is 4.00 e. The van der Waals surface area contributed by atoms with E-state index in [1.165, 1.54) is 10.8 Å². The molecule has 9 aromatic carbocycles. The van der Waals surface area contributed by atoms with Crippen LogP contribution in [0.1, 0.15) is 40.0 Å². The third-order valence-corrected chi connectivity index (χ3v) is 12.9. The maximum absolute atomic E-state index is 9.07. The predicted octanol–water partition coefficient (Wildman–Crippen LogP) is 15.8. The molecule has 0 aliphatic carbocycles. The van der Waals surface area contributed by atoms with E-state index in [4.69, 9.17) is 23.4 Å². The van der Waals surface area contributed by atoms with Gasteiger partial charge in [-0.1, -0.05) is 172 Å². The summed E-state index contributed by atoms with van der Waals surface area (Å²) in [5.74, 6) is 1.49. The Balaban J connectivity index is 0.00000353. The fraction of sp³-hybridized carbons (Fsp3) is 0.0615. The van der Waals surface area contributed by atoms with Crippen molar-refractivity contribution in [2.45, 2.75) is 26.2 Å². The van der Waals surface area contributed by atoms with Gasteiger partial charge < -0.3 is 25.9 Å². The second kappa shape index (κ2) is 18.5. The van der Waals surface area contributed by atoms with Crippen molar-refractivity contribution in [1.82, 2.24) is 18.7 Å². The number of hydrogen-bond acceptors (Lipinski definition) is 2. The number of pyridine rings is 1. The molecule has 4 heterocycles. The normalized spacial score (nSPS) is 13.5. The van der Waals surface area contributed by atoms with E-state index in [1.54, 1.807) is 33.4 Å². The zero-order chi connectivity index (χ0) is 55.6. The van der Waals surface area contributed by atoms with Gasteiger partial charge in [-0.2, -0.15) is 18.2 Å². The Kier molecular flexibility index (Phi) is 9.16. The fourth-order valence-electron chi connectivity index (χ4n) is 9.66. The van der Waals surface area contributed by atoms with Crippen molar-refractivity contribution < 1.29 is 44.1 Å². The van der Waals surface area contributed by atoms with Gasteiger partial charge in [0.15, 0.2) is 0 Å². The number of aromatic nitrogens is 5. The Morgan fingerprint density at radius 1 is 0.556 bits per heavy atom. The van der Waals surface area contributed by atoms with Crippen LogP contribution < -0.4 is 9.30 Å². The summed E-state index contributed by atoms with van der Waals surface area (Å²) < 4.78 is 102. The van der Waals surface area contributed by atoms with Gasteiger partial charge in [-0.3, -0.25) is 4.57 Å². The van der Waals surface area contributed by atoms with Crippen LogP contribution in [0.15, 0.2) is 218 Å². The Morgan fingerprint density at radius 2 is 1.15 bits per heavy atom. The third kappa shape index (κ3) is 7.80. The summed E-state index contributed by atoms with van der Waals surface area (Å²) in [5, 5.41) is 4.29. The van der Waals surface area contributed by atoms with E-state index in [1.807, 2.05) is 60.8 Å². The summed E-state index contributed by atoms with van der Waals surface area (Å²) in [6.45, 7) is 6.54. The van der Waals surface area contributed by atoms with Gasteiger partial charge in [-0.05, 0) is 80.7 Å². The van der Waals surface area contributed by atoms with Crippen molar-refractivity contribution in [3.8, 4) is 56.6 Å². The summed E-state index contributed by atoms with van der Waals surface area (Å²) in [6.07, 6.45) is 5.28. The van der Waals surface area contributed by atoms with Crippen molar-refractivity contribution >= 4 is 54.6 Å². The summed E-state index contributed by atoms with van der Waals surface area (Å²) >= 11 is 0. The molecule has 13 rings (SSSR count). The molecule has 6 nitrogen and oxygen atoms in total. The molecule has 0 radical (unpaired) electrons. The van der Waals surface area contributed by atoms with Gasteiger partial charge in [-0.15, -0.1) is 29.7 Å². The van der Waals surface area contributed by atoms with Crippen LogP contribution in [0, 0.1) is 25.9 Å². The van der Waals surface area contributed by atoms with E-state index in [0.29, 0.717) is 28.2 Å². The van der Waals surface area contributed by atoms with Crippen LogP contribution in [0.25, 0.3) is 99.8 Å². The number of hydrogen-bond donors (Lipinski definition) is 0. The number of ether oxygens (including phenoxy) is 1. The molecular weight excluding hydrogens is 1060 g/mol. The van der Waals surface area contributed by atoms with Crippen LogP contribution in [0.3, 0.4) is 0 Å². The molecule has 0 atom stereocenters. The molecule has 7 heteroatoms. The van der Waals surface area contributed by atoms with E-state index in [9.17, 15) is 0 Å². The summed E-state index contributed by atoms with van der Waals surface area (Å²) in [4.78, 5) is 4.98. The smallest absolute Gasteiger partial charge is 0.510 e. The first kappa shape index (κ1) is 35.7. The van der Waals surface area contributed by atoms with Crippen LogP contribution >= 0.6 is 0 Å². The van der Waals surface area contributed by atoms with Gasteiger partial charge in [0.25, 0.3) is 6.33 Å². The van der Waals surface area contributed by atoms with Gasteiger partial charge >= 0.3 is 21.1 Å². The molecule has 0 N–H and O–H groups in total. The average Bonchev–Trinajstić information content (AvgIpc) is 4.33. The minimum Gasteiger partial charge on any atom is -0.510 e. The van der Waals surface area contributed by atoms with E-state index < -0.39 is 60.4 Å². The molecule has 13 aromatic rings. The van der Waals surface area contributed by atoms with Crippen LogP contribution in [0.4, 0.5) is 0 Å². The van der Waals surface area contributed by atoms with Gasteiger partial charge in [0.1, 0.15) is 5.82 Å². The SMILES string of the molecule is [2H]c1c([2H])c([2H])c(-c2cccc(-c3c([2H])c([2H])c([2H])c([2H])c3[2H])c2-[n+]2[c-]n(-c3[c-]c(Oc4[c-]c5c(cc4)c4ccc(-n6c7ccccc7c7ccccc76)cc4n5-c4cc(C(C)(C)C)ccn4)ccc3)c3ccccc32)c([2H])c1[2H].[CH3-].[Pt+4]. The predicted molar refractivity (Wildman–Crippen MR) is 290 cm³/mol. The molecule has 0 unspecified atom stereocenters. The van der Waals surface area contributed by atoms with Gasteiger partial charge in [0, 0.05) is 39.7 Å². The van der Waals surface area contributed by atoms with Gasteiger partial charge in [0.2, 0.25) is 0 Å². The standard InChI is InChI=1S/C64H45N5O.CH3.Pt/c1-64(2,3)45-36-37-65-62(38-45)69-60-40-47(68-56-28-12-10-24-52(56)53-25-11-13-29-57(53)68)32-34-54(60)55-35-33-49(41-61(55)69)70-48-23-16-22-46(39-48)66-42-67(59-31-15-14-30-58(59)66)63-50(43-18-6-4-7-19-43)26-17-27-51(63)44-20-8-5-9-21-44;;/h4-38,40H,1-3H3;1H3;/q-2;-1;+4/i4D,5D,6D,7D,8D,9D,18D,19D,20D,21D;;. The molecule has 0 aliphatic heterocycles. The topological polar surface area (TPSA) is 40.8 Å². The van der Waals surface area contributed by atoms with E-state index in [-0.39, 0.29) is 61.8 Å². The number of fused-ring (bicyclic) bond motifs is 7. The molecule has 4 aromatic heterocycles. The number of rotatable bonds is 8. The Labute approximate surface area is 448 Å². The molecule has 0 fully saturated rings. The van der Waals surface area contributed by atoms with Gasteiger partial charge in [-0.25, -0.2) is 4.98 Å². The van der Waals surface area contributed by atoms with Crippen LogP contribution in [-0.2, 0) is 26.5 Å². The summed E-state index contributed by atoms with van der Waals surface area (Å²) in [6, 6.07) is 50.8. The number of nitrogens with zero attached hydrogens (tertiary/aromatic N) is 5. The average molecular weight is 1120 g/mol. The largest absolute Gasteiger partial charge is 4.00 e. The summed E-state index contributed by atoms with van der Waals surface area (Å²) in [5.41, 5.74) is 7.61. The quantitative estimate of drug-likeness (QED) is 0.112. The molecular formula is C65H48N5OPt+. The minimum atomic E-state index is -0.576. The molecule has 0 spiro atoms. The molecule has 348 valence electrons. The van der Waals surface area contributed by atoms with Crippen LogP contribution in [0.2, 0.25) is 0 Å². The van der Waals surface area contributed by atoms with Crippen LogP contribution in [0.5, 0.6) is 11.5 Å². The van der Waals surface area contributed by atoms with Crippen molar-refractivity contribution in [1.29, 1.82) is 0 Å². The minimum absolute atomic E-state index is 0.